The molecule has 3 heterocycles. The number of halogens is 2. The Morgan fingerprint density at radius 3 is 2.47 bits per heavy atom. The molecule has 2 aromatic heterocycles. The summed E-state index contributed by atoms with van der Waals surface area (Å²) in [6, 6.07) is 8.44. The van der Waals surface area contributed by atoms with Crippen molar-refractivity contribution in [2.45, 2.75) is 56.7 Å². The van der Waals surface area contributed by atoms with Gasteiger partial charge in [-0.15, -0.1) is 0 Å². The molecule has 0 amide bonds. The minimum Gasteiger partial charge on any atom is -0.381 e. The molecule has 190 valence electrons. The molecule has 0 radical (unpaired) electrons. The molecule has 1 aliphatic heterocycles. The fourth-order valence-corrected chi connectivity index (χ4v) is 6.39. The van der Waals surface area contributed by atoms with Crippen molar-refractivity contribution in [1.82, 2.24) is 14.8 Å². The van der Waals surface area contributed by atoms with Crippen LogP contribution in [0.2, 0.25) is 0 Å². The first kappa shape index (κ1) is 23.6. The highest BCUT2D eigenvalue weighted by molar-refractivity contribution is 5.99. The summed E-state index contributed by atoms with van der Waals surface area (Å²) in [7, 11) is 1.53. The lowest BCUT2D eigenvalue weighted by molar-refractivity contribution is -0.121. The number of fused-ring (bicyclic) bond motifs is 2. The lowest BCUT2D eigenvalue weighted by Crippen LogP contribution is -2.27. The van der Waals surface area contributed by atoms with Crippen LogP contribution in [0.1, 0.15) is 61.6 Å². The van der Waals surface area contributed by atoms with E-state index in [0.717, 1.165) is 61.0 Å². The van der Waals surface area contributed by atoms with Gasteiger partial charge < -0.3 is 19.1 Å². The van der Waals surface area contributed by atoms with E-state index in [1.165, 1.54) is 19.2 Å². The van der Waals surface area contributed by atoms with Gasteiger partial charge >= 0.3 is 0 Å². The molecule has 1 unspecified atom stereocenters. The molecule has 36 heavy (non-hydrogen) atoms. The van der Waals surface area contributed by atoms with E-state index in [1.54, 1.807) is 18.3 Å². The highest BCUT2D eigenvalue weighted by Gasteiger charge is 2.35. The number of ether oxygens (including phenoxy) is 2. The summed E-state index contributed by atoms with van der Waals surface area (Å²) in [5.74, 6) is -0.177. The first-order valence-corrected chi connectivity index (χ1v) is 12.8. The highest BCUT2D eigenvalue weighted by atomic mass is 19.1. The topological polar surface area (TPSA) is 72.3 Å². The normalized spacial score (nSPS) is 22.4. The summed E-state index contributed by atoms with van der Waals surface area (Å²) >= 11 is 0. The van der Waals surface area contributed by atoms with Crippen molar-refractivity contribution in [2.24, 2.45) is 5.92 Å². The minimum atomic E-state index is -0.775. The fraction of sp³-hybridized carbons (Fsp3) is 0.464. The average Bonchev–Trinajstić information content (AvgIpc) is 3.53. The number of aliphatic hydroxyl groups is 1. The van der Waals surface area contributed by atoms with Crippen LogP contribution >= 0.6 is 0 Å². The second kappa shape index (κ2) is 9.57. The first-order chi connectivity index (χ1) is 17.6. The van der Waals surface area contributed by atoms with E-state index in [0.29, 0.717) is 29.5 Å². The third kappa shape index (κ3) is 3.92. The van der Waals surface area contributed by atoms with Gasteiger partial charge in [-0.05, 0) is 80.3 Å². The Balaban J connectivity index is 1.60. The quantitative estimate of drug-likeness (QED) is 0.337. The van der Waals surface area contributed by atoms with Crippen LogP contribution in [-0.2, 0) is 9.47 Å². The molecule has 1 saturated heterocycles. The molecule has 6 nitrogen and oxygen atoms in total. The zero-order valence-electron chi connectivity index (χ0n) is 20.3. The SMILES string of the molecule is COC(O)C1CCC(c2c(C3CCOCC3)n(-c3ccc(F)cc3)c3cc4cn[nH]c4c(F)c23)CC1. The minimum absolute atomic E-state index is 0.0763. The van der Waals surface area contributed by atoms with E-state index in [-0.39, 0.29) is 29.4 Å². The van der Waals surface area contributed by atoms with Crippen LogP contribution in [0.15, 0.2) is 36.5 Å². The maximum absolute atomic E-state index is 16.3. The number of rotatable bonds is 5. The second-order valence-corrected chi connectivity index (χ2v) is 10.2. The van der Waals surface area contributed by atoms with Crippen LogP contribution in [0, 0.1) is 17.6 Å². The number of nitrogens with zero attached hydrogens (tertiary/aromatic N) is 2. The Hall–Kier alpha value is -2.81. The summed E-state index contributed by atoms with van der Waals surface area (Å²) in [6.45, 7) is 1.32. The van der Waals surface area contributed by atoms with E-state index >= 15 is 4.39 Å². The van der Waals surface area contributed by atoms with Gasteiger partial charge in [0, 0.05) is 54.3 Å². The van der Waals surface area contributed by atoms with Crippen LogP contribution in [0.4, 0.5) is 8.78 Å². The molecule has 0 bridgehead atoms. The molecule has 6 rings (SSSR count). The zero-order valence-corrected chi connectivity index (χ0v) is 20.3. The summed E-state index contributed by atoms with van der Waals surface area (Å²) in [4.78, 5) is 0. The molecule has 2 aliphatic rings. The summed E-state index contributed by atoms with van der Waals surface area (Å²) in [5, 5.41) is 18.5. The molecule has 1 saturated carbocycles. The van der Waals surface area contributed by atoms with Gasteiger partial charge in [0.2, 0.25) is 0 Å². The van der Waals surface area contributed by atoms with Crippen molar-refractivity contribution in [1.29, 1.82) is 0 Å². The lowest BCUT2D eigenvalue weighted by Gasteiger charge is -2.33. The fourth-order valence-electron chi connectivity index (χ4n) is 6.39. The number of aromatic nitrogens is 3. The number of methoxy groups -OCH3 is 1. The molecule has 8 heteroatoms. The highest BCUT2D eigenvalue weighted by Crippen LogP contribution is 2.48. The van der Waals surface area contributed by atoms with E-state index in [1.807, 2.05) is 6.07 Å². The van der Waals surface area contributed by atoms with E-state index in [2.05, 4.69) is 14.8 Å². The van der Waals surface area contributed by atoms with Gasteiger partial charge in [-0.3, -0.25) is 5.10 Å². The largest absolute Gasteiger partial charge is 0.381 e. The van der Waals surface area contributed by atoms with Crippen LogP contribution in [0.5, 0.6) is 0 Å². The number of hydrogen-bond acceptors (Lipinski definition) is 4. The smallest absolute Gasteiger partial charge is 0.158 e. The number of H-pyrrole nitrogens is 1. The van der Waals surface area contributed by atoms with Gasteiger partial charge in [-0.1, -0.05) is 0 Å². The van der Waals surface area contributed by atoms with Crippen molar-refractivity contribution in [3.05, 3.63) is 59.4 Å². The molecule has 1 atom stereocenters. The van der Waals surface area contributed by atoms with Gasteiger partial charge in [0.1, 0.15) is 11.3 Å². The molecule has 4 aromatic rings. The molecule has 0 spiro atoms. The molecule has 1 aliphatic carbocycles. The Labute approximate surface area is 208 Å². The summed E-state index contributed by atoms with van der Waals surface area (Å²) in [5.41, 5.74) is 4.15. The van der Waals surface area contributed by atoms with Crippen molar-refractivity contribution < 1.29 is 23.4 Å². The van der Waals surface area contributed by atoms with E-state index in [9.17, 15) is 9.50 Å². The Kier molecular flexibility index (Phi) is 6.27. The van der Waals surface area contributed by atoms with Gasteiger partial charge in [0.05, 0.1) is 11.7 Å². The number of aromatic amines is 1. The van der Waals surface area contributed by atoms with Crippen molar-refractivity contribution >= 4 is 21.8 Å². The maximum atomic E-state index is 16.3. The van der Waals surface area contributed by atoms with E-state index < -0.39 is 6.29 Å². The summed E-state index contributed by atoms with van der Waals surface area (Å²) < 4.78 is 43.2. The van der Waals surface area contributed by atoms with Gasteiger partial charge in [0.15, 0.2) is 12.1 Å². The van der Waals surface area contributed by atoms with Gasteiger partial charge in [-0.25, -0.2) is 8.78 Å². The Bertz CT molecular complexity index is 1370. The molecular weight excluding hydrogens is 464 g/mol. The van der Waals surface area contributed by atoms with Crippen molar-refractivity contribution in [3.63, 3.8) is 0 Å². The van der Waals surface area contributed by atoms with Gasteiger partial charge in [0.25, 0.3) is 0 Å². The number of nitrogens with one attached hydrogen (secondary N) is 1. The first-order valence-electron chi connectivity index (χ1n) is 12.8. The maximum Gasteiger partial charge on any atom is 0.158 e. The van der Waals surface area contributed by atoms with Crippen LogP contribution in [0.25, 0.3) is 27.5 Å². The lowest BCUT2D eigenvalue weighted by atomic mass is 9.76. The molecular formula is C28H31F2N3O3. The number of hydrogen-bond donors (Lipinski definition) is 2. The zero-order chi connectivity index (χ0) is 24.8. The molecule has 2 aromatic carbocycles. The monoisotopic (exact) mass is 495 g/mol. The summed E-state index contributed by atoms with van der Waals surface area (Å²) in [6.07, 6.45) is 5.86. The van der Waals surface area contributed by atoms with Gasteiger partial charge in [-0.2, -0.15) is 5.10 Å². The number of aliphatic hydroxyl groups excluding tert-OH is 1. The van der Waals surface area contributed by atoms with Crippen molar-refractivity contribution in [3.8, 4) is 5.69 Å². The van der Waals surface area contributed by atoms with Crippen LogP contribution in [0.3, 0.4) is 0 Å². The standard InChI is InChI=1S/C28H31F2N3O3/c1-35-28(34)18-4-2-16(3-5-18)23-24-22(14-19-15-31-32-26(19)25(24)30)33(21-8-6-20(29)7-9-21)27(23)17-10-12-36-13-11-17/h6-9,14-18,28,34H,2-5,10-13H2,1H3,(H,31,32). The van der Waals surface area contributed by atoms with Crippen LogP contribution in [-0.4, -0.2) is 46.5 Å². The van der Waals surface area contributed by atoms with Crippen molar-refractivity contribution in [2.75, 3.05) is 20.3 Å². The average molecular weight is 496 g/mol. The van der Waals surface area contributed by atoms with E-state index in [4.69, 9.17) is 9.47 Å². The third-order valence-corrected chi connectivity index (χ3v) is 8.20. The molecule has 2 N–H and O–H groups in total. The third-order valence-electron chi connectivity index (χ3n) is 8.20. The second-order valence-electron chi connectivity index (χ2n) is 10.2. The van der Waals surface area contributed by atoms with Crippen LogP contribution < -0.4 is 0 Å². The Morgan fingerprint density at radius 1 is 1.06 bits per heavy atom. The number of benzene rings is 2. The molecule has 2 fully saturated rings. The Morgan fingerprint density at radius 2 is 1.78 bits per heavy atom. The predicted octanol–water partition coefficient (Wildman–Crippen LogP) is 5.92. The predicted molar refractivity (Wildman–Crippen MR) is 133 cm³/mol.